The molecule has 74 valence electrons. The van der Waals surface area contributed by atoms with Crippen molar-refractivity contribution < 1.29 is 19.4 Å². The third-order valence-corrected chi connectivity index (χ3v) is 2.46. The number of aromatic hydroxyl groups is 1. The molecule has 0 aliphatic carbocycles. The van der Waals surface area contributed by atoms with E-state index in [-0.39, 0.29) is 16.9 Å². The Morgan fingerprint density at radius 1 is 1.57 bits per heavy atom. The molecule has 1 rings (SSSR count). The number of phenolic OH excluding ortho intramolecular Hbond substituents is 1. The molecule has 0 amide bonds. The number of carbonyl (C=O) groups excluding carboxylic acids is 2. The number of esters is 1. The first-order valence-electron chi connectivity index (χ1n) is 3.66. The van der Waals surface area contributed by atoms with E-state index in [1.165, 1.54) is 19.2 Å². The van der Waals surface area contributed by atoms with Crippen LogP contribution in [-0.4, -0.2) is 24.5 Å². The van der Waals surface area contributed by atoms with Crippen molar-refractivity contribution in [3.05, 3.63) is 26.8 Å². The van der Waals surface area contributed by atoms with Crippen molar-refractivity contribution in [1.82, 2.24) is 0 Å². The van der Waals surface area contributed by atoms with Gasteiger partial charge in [0.1, 0.15) is 5.75 Å². The summed E-state index contributed by atoms with van der Waals surface area (Å²) >= 11 is 1.83. The molecule has 1 aromatic carbocycles. The van der Waals surface area contributed by atoms with Gasteiger partial charge in [-0.2, -0.15) is 0 Å². The molecular formula is C9H7IO4. The minimum absolute atomic E-state index is 0.0808. The van der Waals surface area contributed by atoms with Crippen molar-refractivity contribution in [2.75, 3.05) is 7.11 Å². The highest BCUT2D eigenvalue weighted by Gasteiger charge is 2.12. The lowest BCUT2D eigenvalue weighted by atomic mass is 10.1. The standard InChI is InChI=1S/C9H7IO4/c1-14-9(13)5-2-6(4-11)8(12)7(10)3-5/h2-4,12H,1H3. The minimum atomic E-state index is -0.536. The van der Waals surface area contributed by atoms with Crippen LogP contribution in [0.4, 0.5) is 0 Å². The van der Waals surface area contributed by atoms with Crippen LogP contribution in [0.5, 0.6) is 5.75 Å². The first-order chi connectivity index (χ1) is 6.60. The Bertz CT molecular complexity index is 387. The fourth-order valence-electron chi connectivity index (χ4n) is 0.946. The maximum absolute atomic E-state index is 11.1. The SMILES string of the molecule is COC(=O)c1cc(I)c(O)c(C=O)c1. The third-order valence-electron chi connectivity index (χ3n) is 1.64. The van der Waals surface area contributed by atoms with E-state index in [1.807, 2.05) is 22.6 Å². The summed E-state index contributed by atoms with van der Waals surface area (Å²) in [7, 11) is 1.25. The van der Waals surface area contributed by atoms with Gasteiger partial charge in [0.15, 0.2) is 6.29 Å². The van der Waals surface area contributed by atoms with Gasteiger partial charge in [-0.25, -0.2) is 4.79 Å². The van der Waals surface area contributed by atoms with Gasteiger partial charge >= 0.3 is 5.97 Å². The number of aldehydes is 1. The molecule has 5 heteroatoms. The van der Waals surface area contributed by atoms with Crippen molar-refractivity contribution in [2.24, 2.45) is 0 Å². The molecule has 0 unspecified atom stereocenters. The first kappa shape index (κ1) is 11.0. The molecule has 4 nitrogen and oxygen atoms in total. The monoisotopic (exact) mass is 306 g/mol. The second kappa shape index (κ2) is 4.41. The van der Waals surface area contributed by atoms with Crippen molar-refractivity contribution in [3.63, 3.8) is 0 Å². The molecule has 0 spiro atoms. The second-order valence-electron chi connectivity index (χ2n) is 2.51. The number of benzene rings is 1. The maximum atomic E-state index is 11.1. The van der Waals surface area contributed by atoms with Crippen molar-refractivity contribution in [2.45, 2.75) is 0 Å². The number of hydrogen-bond donors (Lipinski definition) is 1. The van der Waals surface area contributed by atoms with E-state index in [9.17, 15) is 14.7 Å². The predicted molar refractivity (Wildman–Crippen MR) is 57.6 cm³/mol. The lowest BCUT2D eigenvalue weighted by Crippen LogP contribution is -2.02. The maximum Gasteiger partial charge on any atom is 0.337 e. The van der Waals surface area contributed by atoms with Gasteiger partial charge in [-0.05, 0) is 34.7 Å². The summed E-state index contributed by atoms with van der Waals surface area (Å²) in [6, 6.07) is 2.74. The predicted octanol–water partition coefficient (Wildman–Crippen LogP) is 1.60. The molecule has 0 bridgehead atoms. The fourth-order valence-corrected chi connectivity index (χ4v) is 1.59. The number of methoxy groups -OCH3 is 1. The van der Waals surface area contributed by atoms with Gasteiger partial charge in [0, 0.05) is 0 Å². The molecule has 14 heavy (non-hydrogen) atoms. The van der Waals surface area contributed by atoms with E-state index >= 15 is 0 Å². The van der Waals surface area contributed by atoms with Crippen LogP contribution >= 0.6 is 22.6 Å². The van der Waals surface area contributed by atoms with E-state index in [0.717, 1.165) is 0 Å². The highest BCUT2D eigenvalue weighted by atomic mass is 127. The van der Waals surface area contributed by atoms with Crippen LogP contribution in [0.3, 0.4) is 0 Å². The molecule has 0 radical (unpaired) electrons. The average Bonchev–Trinajstić information content (AvgIpc) is 2.20. The largest absolute Gasteiger partial charge is 0.506 e. The summed E-state index contributed by atoms with van der Waals surface area (Å²) in [4.78, 5) is 21.6. The second-order valence-corrected chi connectivity index (χ2v) is 3.67. The molecule has 0 saturated carbocycles. The van der Waals surface area contributed by atoms with E-state index in [4.69, 9.17) is 0 Å². The van der Waals surface area contributed by atoms with Crippen LogP contribution in [-0.2, 0) is 4.74 Å². The molecule has 0 aliphatic heterocycles. The summed E-state index contributed by atoms with van der Waals surface area (Å²) in [5, 5.41) is 9.39. The van der Waals surface area contributed by atoms with Gasteiger partial charge in [-0.3, -0.25) is 4.79 Å². The molecular weight excluding hydrogens is 299 g/mol. The Morgan fingerprint density at radius 3 is 2.71 bits per heavy atom. The Kier molecular flexibility index (Phi) is 3.45. The van der Waals surface area contributed by atoms with E-state index in [2.05, 4.69) is 4.74 Å². The molecule has 0 saturated heterocycles. The van der Waals surface area contributed by atoms with Crippen LogP contribution in [0.2, 0.25) is 0 Å². The molecule has 0 fully saturated rings. The molecule has 1 N–H and O–H groups in total. The van der Waals surface area contributed by atoms with E-state index in [0.29, 0.717) is 9.86 Å². The molecule has 1 aromatic rings. The van der Waals surface area contributed by atoms with Gasteiger partial charge in [-0.15, -0.1) is 0 Å². The number of ether oxygens (including phenoxy) is 1. The highest BCUT2D eigenvalue weighted by molar-refractivity contribution is 14.1. The summed E-state index contributed by atoms with van der Waals surface area (Å²) in [5.74, 6) is -0.653. The van der Waals surface area contributed by atoms with Crippen molar-refractivity contribution in [3.8, 4) is 5.75 Å². The number of carbonyl (C=O) groups is 2. The Balaban J connectivity index is 3.29. The topological polar surface area (TPSA) is 63.6 Å². The third kappa shape index (κ3) is 2.03. The number of hydrogen-bond acceptors (Lipinski definition) is 4. The Morgan fingerprint density at radius 2 is 2.21 bits per heavy atom. The Labute approximate surface area is 94.0 Å². The van der Waals surface area contributed by atoms with Gasteiger partial charge in [-0.1, -0.05) is 0 Å². The first-order valence-corrected chi connectivity index (χ1v) is 4.74. The van der Waals surface area contributed by atoms with Crippen LogP contribution in [0.25, 0.3) is 0 Å². The zero-order valence-electron chi connectivity index (χ0n) is 7.28. The molecule has 0 atom stereocenters. The zero-order chi connectivity index (χ0) is 10.7. The number of phenols is 1. The van der Waals surface area contributed by atoms with Gasteiger partial charge in [0.2, 0.25) is 0 Å². The van der Waals surface area contributed by atoms with Crippen LogP contribution in [0.15, 0.2) is 12.1 Å². The lowest BCUT2D eigenvalue weighted by molar-refractivity contribution is 0.0600. The normalized spacial score (nSPS) is 9.57. The lowest BCUT2D eigenvalue weighted by Gasteiger charge is -2.04. The quantitative estimate of drug-likeness (QED) is 0.512. The van der Waals surface area contributed by atoms with Crippen LogP contribution < -0.4 is 0 Å². The summed E-state index contributed by atoms with van der Waals surface area (Å²) in [6.45, 7) is 0. The van der Waals surface area contributed by atoms with E-state index < -0.39 is 5.97 Å². The van der Waals surface area contributed by atoms with Crippen LogP contribution in [0, 0.1) is 3.57 Å². The fraction of sp³-hybridized carbons (Fsp3) is 0.111. The molecule has 0 aliphatic rings. The number of rotatable bonds is 2. The minimum Gasteiger partial charge on any atom is -0.506 e. The molecule has 0 heterocycles. The Hall–Kier alpha value is -1.11. The zero-order valence-corrected chi connectivity index (χ0v) is 9.44. The molecule has 0 aromatic heterocycles. The van der Waals surface area contributed by atoms with Gasteiger partial charge in [0.25, 0.3) is 0 Å². The van der Waals surface area contributed by atoms with Crippen molar-refractivity contribution in [1.29, 1.82) is 0 Å². The number of halogens is 1. The van der Waals surface area contributed by atoms with Gasteiger partial charge in [0.05, 0.1) is 21.8 Å². The average molecular weight is 306 g/mol. The summed E-state index contributed by atoms with van der Waals surface area (Å²) < 4.78 is 4.93. The summed E-state index contributed by atoms with van der Waals surface area (Å²) in [6.07, 6.45) is 0.490. The summed E-state index contributed by atoms with van der Waals surface area (Å²) in [5.41, 5.74) is 0.328. The smallest absolute Gasteiger partial charge is 0.337 e. The van der Waals surface area contributed by atoms with Crippen molar-refractivity contribution >= 4 is 34.8 Å². The van der Waals surface area contributed by atoms with Crippen LogP contribution in [0.1, 0.15) is 20.7 Å². The van der Waals surface area contributed by atoms with Gasteiger partial charge < -0.3 is 9.84 Å². The van der Waals surface area contributed by atoms with E-state index in [1.54, 1.807) is 0 Å². The highest BCUT2D eigenvalue weighted by Crippen LogP contribution is 2.25.